The molecule has 2 N–H and O–H groups in total. The molecular weight excluding hydrogens is 236 g/mol. The molecule has 0 spiro atoms. The third-order valence-electron chi connectivity index (χ3n) is 3.28. The van der Waals surface area contributed by atoms with Crippen LogP contribution in [0.15, 0.2) is 18.2 Å². The summed E-state index contributed by atoms with van der Waals surface area (Å²) in [6, 6.07) is 4.38. The third-order valence-corrected chi connectivity index (χ3v) is 3.28. The molecule has 1 saturated carbocycles. The van der Waals surface area contributed by atoms with Gasteiger partial charge >= 0.3 is 5.97 Å². The third kappa shape index (κ3) is 2.27. The number of nitrogens with one attached hydrogen (secondary N) is 1. The number of nitrogens with zero attached hydrogens (tertiary/aromatic N) is 1. The minimum atomic E-state index is -1.29. The van der Waals surface area contributed by atoms with Crippen LogP contribution in [0.3, 0.4) is 0 Å². The molecular formula is C12H14N2O4. The molecule has 1 aliphatic rings. The second kappa shape index (κ2) is 3.97. The number of carboxylic acids is 1. The molecule has 6 heteroatoms. The zero-order valence-corrected chi connectivity index (χ0v) is 10.1. The van der Waals surface area contributed by atoms with Crippen molar-refractivity contribution in [2.75, 3.05) is 5.32 Å². The van der Waals surface area contributed by atoms with E-state index in [0.29, 0.717) is 5.69 Å². The molecule has 1 fully saturated rings. The Balaban J connectivity index is 2.26. The Morgan fingerprint density at radius 2 is 2.17 bits per heavy atom. The van der Waals surface area contributed by atoms with Gasteiger partial charge in [-0.25, -0.2) is 4.79 Å². The van der Waals surface area contributed by atoms with Crippen molar-refractivity contribution < 1.29 is 14.8 Å². The molecule has 0 amide bonds. The van der Waals surface area contributed by atoms with E-state index in [-0.39, 0.29) is 22.7 Å². The monoisotopic (exact) mass is 250 g/mol. The smallest absolute Gasteiger partial charge is 0.342 e. The predicted molar refractivity (Wildman–Crippen MR) is 65.9 cm³/mol. The van der Waals surface area contributed by atoms with Gasteiger partial charge in [0, 0.05) is 17.8 Å². The second-order valence-electron chi connectivity index (χ2n) is 5.18. The van der Waals surface area contributed by atoms with E-state index < -0.39 is 10.9 Å². The quantitative estimate of drug-likeness (QED) is 0.632. The van der Waals surface area contributed by atoms with E-state index in [1.54, 1.807) is 6.07 Å². The average Bonchev–Trinajstić information content (AvgIpc) is 2.85. The Kier molecular flexibility index (Phi) is 2.73. The summed E-state index contributed by atoms with van der Waals surface area (Å²) in [4.78, 5) is 21.0. The first-order chi connectivity index (χ1) is 8.31. The first kappa shape index (κ1) is 12.3. The molecule has 2 rings (SSSR count). The fourth-order valence-corrected chi connectivity index (χ4v) is 1.87. The second-order valence-corrected chi connectivity index (χ2v) is 5.18. The van der Waals surface area contributed by atoms with Gasteiger partial charge in [0.1, 0.15) is 5.56 Å². The molecule has 1 aromatic rings. The van der Waals surface area contributed by atoms with Crippen LogP contribution in [0, 0.1) is 15.5 Å². The minimum Gasteiger partial charge on any atom is -0.477 e. The normalized spacial score (nSPS) is 20.2. The summed E-state index contributed by atoms with van der Waals surface area (Å²) in [5.41, 5.74) is 0.106. The molecule has 18 heavy (non-hydrogen) atoms. The number of carboxylic acid groups (broad SMARTS) is 1. The minimum absolute atomic E-state index is 0.195. The van der Waals surface area contributed by atoms with Gasteiger partial charge in [0.15, 0.2) is 0 Å². The number of carbonyl (C=O) groups is 1. The van der Waals surface area contributed by atoms with Crippen LogP contribution in [0.1, 0.15) is 30.6 Å². The van der Waals surface area contributed by atoms with E-state index in [4.69, 9.17) is 5.11 Å². The summed E-state index contributed by atoms with van der Waals surface area (Å²) in [6.07, 6.45) is 1.00. The van der Waals surface area contributed by atoms with Gasteiger partial charge in [-0.3, -0.25) is 10.1 Å². The lowest BCUT2D eigenvalue weighted by molar-refractivity contribution is -0.385. The van der Waals surface area contributed by atoms with Crippen molar-refractivity contribution in [1.29, 1.82) is 0 Å². The molecule has 0 saturated heterocycles. The Hall–Kier alpha value is -2.11. The predicted octanol–water partition coefficient (Wildman–Crippen LogP) is 2.50. The first-order valence-electron chi connectivity index (χ1n) is 5.59. The van der Waals surface area contributed by atoms with Crippen molar-refractivity contribution >= 4 is 17.3 Å². The summed E-state index contributed by atoms with van der Waals surface area (Å²) >= 11 is 0. The van der Waals surface area contributed by atoms with Gasteiger partial charge < -0.3 is 10.4 Å². The van der Waals surface area contributed by atoms with Gasteiger partial charge in [-0.05, 0) is 24.0 Å². The van der Waals surface area contributed by atoms with Crippen LogP contribution in [0.25, 0.3) is 0 Å². The van der Waals surface area contributed by atoms with E-state index in [1.165, 1.54) is 12.1 Å². The maximum Gasteiger partial charge on any atom is 0.342 e. The number of rotatable bonds is 4. The number of benzene rings is 1. The summed E-state index contributed by atoms with van der Waals surface area (Å²) in [5.74, 6) is -1.29. The zero-order chi connectivity index (χ0) is 13.5. The van der Waals surface area contributed by atoms with Gasteiger partial charge in [0.05, 0.1) is 4.92 Å². The van der Waals surface area contributed by atoms with Crippen LogP contribution >= 0.6 is 0 Å². The lowest BCUT2D eigenvalue weighted by Crippen LogP contribution is -2.09. The summed E-state index contributed by atoms with van der Waals surface area (Å²) in [5, 5.41) is 22.8. The van der Waals surface area contributed by atoms with E-state index in [9.17, 15) is 14.9 Å². The van der Waals surface area contributed by atoms with Crippen LogP contribution in [-0.4, -0.2) is 22.0 Å². The Bertz CT molecular complexity index is 525. The van der Waals surface area contributed by atoms with Crippen molar-refractivity contribution in [1.82, 2.24) is 0 Å². The van der Waals surface area contributed by atoms with E-state index >= 15 is 0 Å². The molecule has 0 bridgehead atoms. The molecule has 0 aliphatic heterocycles. The number of nitro groups is 1. The number of anilines is 1. The molecule has 1 unspecified atom stereocenters. The van der Waals surface area contributed by atoms with Crippen LogP contribution < -0.4 is 5.32 Å². The molecule has 0 radical (unpaired) electrons. The highest BCUT2D eigenvalue weighted by molar-refractivity contribution is 5.93. The van der Waals surface area contributed by atoms with E-state index in [1.807, 2.05) is 0 Å². The molecule has 1 atom stereocenters. The van der Waals surface area contributed by atoms with Crippen LogP contribution in [0.2, 0.25) is 0 Å². The highest BCUT2D eigenvalue weighted by Crippen LogP contribution is 2.46. The van der Waals surface area contributed by atoms with Gasteiger partial charge in [0.25, 0.3) is 5.69 Å². The van der Waals surface area contributed by atoms with Crippen molar-refractivity contribution in [3.8, 4) is 0 Å². The maximum atomic E-state index is 10.9. The number of hydrogen-bond acceptors (Lipinski definition) is 4. The van der Waals surface area contributed by atoms with Gasteiger partial charge in [-0.2, -0.15) is 0 Å². The fraction of sp³-hybridized carbons (Fsp3) is 0.417. The number of aromatic carboxylic acids is 1. The average molecular weight is 250 g/mol. The van der Waals surface area contributed by atoms with Crippen molar-refractivity contribution in [2.45, 2.75) is 26.3 Å². The summed E-state index contributed by atoms with van der Waals surface area (Å²) in [6.45, 7) is 4.20. The zero-order valence-electron chi connectivity index (χ0n) is 10.1. The van der Waals surface area contributed by atoms with E-state index in [0.717, 1.165) is 6.42 Å². The highest BCUT2D eigenvalue weighted by atomic mass is 16.6. The first-order valence-corrected chi connectivity index (χ1v) is 5.59. The van der Waals surface area contributed by atoms with Crippen LogP contribution in [0.5, 0.6) is 0 Å². The maximum absolute atomic E-state index is 10.9. The molecule has 1 aliphatic carbocycles. The molecule has 6 nitrogen and oxygen atoms in total. The highest BCUT2D eigenvalue weighted by Gasteiger charge is 2.45. The number of hydrogen-bond donors (Lipinski definition) is 2. The van der Waals surface area contributed by atoms with Gasteiger partial charge in [-0.1, -0.05) is 13.8 Å². The van der Waals surface area contributed by atoms with Gasteiger partial charge in [0.2, 0.25) is 0 Å². The lowest BCUT2D eigenvalue weighted by Gasteiger charge is -2.08. The van der Waals surface area contributed by atoms with Crippen LogP contribution in [0.4, 0.5) is 11.4 Å². The molecule has 0 heterocycles. The molecule has 1 aromatic carbocycles. The SMILES string of the molecule is CC1(C)CC1Nc1ccc(C(=O)O)c([N+](=O)[O-])c1. The van der Waals surface area contributed by atoms with Crippen LogP contribution in [-0.2, 0) is 0 Å². The Morgan fingerprint density at radius 3 is 2.61 bits per heavy atom. The van der Waals surface area contributed by atoms with E-state index in [2.05, 4.69) is 19.2 Å². The Morgan fingerprint density at radius 1 is 1.56 bits per heavy atom. The fourth-order valence-electron chi connectivity index (χ4n) is 1.87. The van der Waals surface area contributed by atoms with Crippen molar-refractivity contribution in [2.24, 2.45) is 5.41 Å². The topological polar surface area (TPSA) is 92.5 Å². The van der Waals surface area contributed by atoms with Crippen molar-refractivity contribution in [3.05, 3.63) is 33.9 Å². The largest absolute Gasteiger partial charge is 0.477 e. The Labute approximate surface area is 104 Å². The number of nitro benzene ring substituents is 1. The standard InChI is InChI=1S/C12H14N2O4/c1-12(2)6-10(12)13-7-3-4-8(11(15)16)9(5-7)14(17)18/h3-5,10,13H,6H2,1-2H3,(H,15,16). The summed E-state index contributed by atoms with van der Waals surface area (Å²) in [7, 11) is 0. The molecule has 0 aromatic heterocycles. The molecule has 96 valence electrons. The summed E-state index contributed by atoms with van der Waals surface area (Å²) < 4.78 is 0. The van der Waals surface area contributed by atoms with Crippen molar-refractivity contribution in [3.63, 3.8) is 0 Å². The van der Waals surface area contributed by atoms with Gasteiger partial charge in [-0.15, -0.1) is 0 Å². The lowest BCUT2D eigenvalue weighted by atomic mass is 10.1.